The van der Waals surface area contributed by atoms with Crippen LogP contribution in [-0.4, -0.2) is 35.3 Å². The molecule has 3 atom stereocenters. The quantitative estimate of drug-likeness (QED) is 0.283. The Kier molecular flexibility index (Phi) is 3.86. The highest BCUT2D eigenvalue weighted by Gasteiger charge is 2.77. The largest absolute Gasteiger partial charge is 0.425 e. The fraction of sp³-hybridized carbons (Fsp3) is 0.200. The van der Waals surface area contributed by atoms with Gasteiger partial charge in [0.15, 0.2) is 0 Å². The van der Waals surface area contributed by atoms with Crippen molar-refractivity contribution in [1.82, 2.24) is 4.90 Å². The van der Waals surface area contributed by atoms with Crippen LogP contribution in [0.4, 0.5) is 11.4 Å². The maximum Gasteiger partial charge on any atom is 0.325 e. The molecule has 0 aliphatic carbocycles. The number of non-ortho nitro benzene ring substituents is 1. The van der Waals surface area contributed by atoms with Crippen LogP contribution < -0.4 is 10.1 Å². The third-order valence-electron chi connectivity index (χ3n) is 7.36. The molecule has 0 saturated carbocycles. The van der Waals surface area contributed by atoms with E-state index in [1.54, 1.807) is 24.3 Å². The first-order chi connectivity index (χ1) is 15.9. The number of nitro groups is 1. The van der Waals surface area contributed by atoms with Crippen molar-refractivity contribution in [2.24, 2.45) is 0 Å². The van der Waals surface area contributed by atoms with Gasteiger partial charge >= 0.3 is 5.97 Å². The Hall–Kier alpha value is -4.04. The number of anilines is 1. The molecule has 0 unspecified atom stereocenters. The second-order valence-corrected chi connectivity index (χ2v) is 8.69. The number of esters is 1. The third-order valence-corrected chi connectivity index (χ3v) is 7.36. The number of likely N-dealkylation sites (N-methyl/N-ethyl adjacent to an activating group) is 1. The molecule has 1 fully saturated rings. The first kappa shape index (κ1) is 19.6. The summed E-state index contributed by atoms with van der Waals surface area (Å²) in [7, 11) is 1.84. The van der Waals surface area contributed by atoms with Crippen LogP contribution in [0.5, 0.6) is 5.75 Å². The van der Waals surface area contributed by atoms with Gasteiger partial charge < -0.3 is 10.1 Å². The van der Waals surface area contributed by atoms with Crippen LogP contribution in [0.1, 0.15) is 22.6 Å². The lowest BCUT2D eigenvalue weighted by Gasteiger charge is -2.42. The number of carbonyl (C=O) groups is 2. The van der Waals surface area contributed by atoms with E-state index < -0.39 is 27.8 Å². The van der Waals surface area contributed by atoms with Crippen LogP contribution in [0.3, 0.4) is 0 Å². The summed E-state index contributed by atoms with van der Waals surface area (Å²) in [5, 5.41) is 14.2. The third kappa shape index (κ3) is 2.18. The summed E-state index contributed by atoms with van der Waals surface area (Å²) in [5.41, 5.74) is 0.0213. The number of hydrogen-bond donors (Lipinski definition) is 1. The summed E-state index contributed by atoms with van der Waals surface area (Å²) in [6, 6.07) is 20.8. The molecule has 33 heavy (non-hydrogen) atoms. The van der Waals surface area contributed by atoms with Crippen molar-refractivity contribution in [1.29, 1.82) is 0 Å². The molecule has 1 N–H and O–H groups in total. The number of likely N-dealkylation sites (tertiary alicyclic amines) is 1. The van der Waals surface area contributed by atoms with Crippen LogP contribution in [0.15, 0.2) is 72.8 Å². The summed E-state index contributed by atoms with van der Waals surface area (Å²) >= 11 is 0. The number of nitro benzene ring substituents is 1. The molecule has 8 heteroatoms. The van der Waals surface area contributed by atoms with Crippen LogP contribution in [0, 0.1) is 10.1 Å². The van der Waals surface area contributed by atoms with Gasteiger partial charge in [-0.1, -0.05) is 48.5 Å². The van der Waals surface area contributed by atoms with E-state index in [1.165, 1.54) is 12.1 Å². The second kappa shape index (κ2) is 6.49. The first-order valence-electron chi connectivity index (χ1n) is 10.6. The Balaban J connectivity index is 1.68. The molecule has 1 saturated heterocycles. The van der Waals surface area contributed by atoms with E-state index in [1.807, 2.05) is 48.3 Å². The van der Waals surface area contributed by atoms with Crippen molar-refractivity contribution < 1.29 is 19.2 Å². The predicted octanol–water partition coefficient (Wildman–Crippen LogP) is 3.33. The summed E-state index contributed by atoms with van der Waals surface area (Å²) in [6.45, 7) is 0.378. The van der Waals surface area contributed by atoms with E-state index in [2.05, 4.69) is 5.32 Å². The smallest absolute Gasteiger partial charge is 0.325 e. The molecule has 0 aromatic heterocycles. The molecule has 1 amide bonds. The summed E-state index contributed by atoms with van der Waals surface area (Å²) in [6.07, 6.45) is 0. The number of carbonyl (C=O) groups excluding carboxylic acids is 2. The van der Waals surface area contributed by atoms with Crippen LogP contribution >= 0.6 is 0 Å². The SMILES string of the molecule is CN1C[C@@H](c2ccc([N+](=O)[O-])cc2)[C@]2(C(=O)Oc3ccccc32)[C@@]12C(=O)Nc1ccccc12. The maximum absolute atomic E-state index is 13.9. The summed E-state index contributed by atoms with van der Waals surface area (Å²) < 4.78 is 5.80. The van der Waals surface area contributed by atoms with E-state index in [4.69, 9.17) is 4.74 Å². The normalized spacial score (nSPS) is 27.5. The van der Waals surface area contributed by atoms with Gasteiger partial charge in [-0.15, -0.1) is 0 Å². The minimum atomic E-state index is -1.37. The molecule has 3 heterocycles. The van der Waals surface area contributed by atoms with Gasteiger partial charge in [0, 0.05) is 41.4 Å². The zero-order chi connectivity index (χ0) is 23.0. The lowest BCUT2D eigenvalue weighted by molar-refractivity contribution is -0.384. The molecule has 0 radical (unpaired) electrons. The van der Waals surface area contributed by atoms with Gasteiger partial charge in [0.2, 0.25) is 0 Å². The molecule has 164 valence electrons. The highest BCUT2D eigenvalue weighted by atomic mass is 16.6. The first-order valence-corrected chi connectivity index (χ1v) is 10.6. The Labute approximate surface area is 188 Å². The van der Waals surface area contributed by atoms with Crippen molar-refractivity contribution in [2.75, 3.05) is 18.9 Å². The Bertz CT molecular complexity index is 1350. The van der Waals surface area contributed by atoms with Crippen LogP contribution in [-0.2, 0) is 20.5 Å². The zero-order valence-corrected chi connectivity index (χ0v) is 17.6. The summed E-state index contributed by atoms with van der Waals surface area (Å²) in [5.74, 6) is -0.829. The Morgan fingerprint density at radius 3 is 2.39 bits per heavy atom. The molecule has 6 rings (SSSR count). The number of hydrogen-bond acceptors (Lipinski definition) is 6. The lowest BCUT2D eigenvalue weighted by Crippen LogP contribution is -2.60. The van der Waals surface area contributed by atoms with Gasteiger partial charge in [0.1, 0.15) is 16.7 Å². The highest BCUT2D eigenvalue weighted by Crippen LogP contribution is 2.66. The molecule has 8 nitrogen and oxygen atoms in total. The maximum atomic E-state index is 13.9. The van der Waals surface area contributed by atoms with Gasteiger partial charge in [-0.2, -0.15) is 0 Å². The molecule has 3 aromatic carbocycles. The summed E-state index contributed by atoms with van der Waals surface area (Å²) in [4.78, 5) is 40.5. The number of nitrogens with one attached hydrogen (secondary N) is 1. The number of nitrogens with zero attached hydrogens (tertiary/aromatic N) is 2. The van der Waals surface area contributed by atoms with Gasteiger partial charge in [0.05, 0.1) is 4.92 Å². The fourth-order valence-electron chi connectivity index (χ4n) is 6.14. The van der Waals surface area contributed by atoms with E-state index in [0.717, 1.165) is 11.1 Å². The Morgan fingerprint density at radius 1 is 1.00 bits per heavy atom. The van der Waals surface area contributed by atoms with Crippen LogP contribution in [0.25, 0.3) is 0 Å². The van der Waals surface area contributed by atoms with Crippen molar-refractivity contribution in [3.8, 4) is 5.75 Å². The number of fused-ring (bicyclic) bond motifs is 5. The van der Waals surface area contributed by atoms with Gasteiger partial charge in [0.25, 0.3) is 11.6 Å². The monoisotopic (exact) mass is 441 g/mol. The van der Waals surface area contributed by atoms with E-state index in [-0.39, 0.29) is 11.6 Å². The van der Waals surface area contributed by atoms with Crippen LogP contribution in [0.2, 0.25) is 0 Å². The van der Waals surface area contributed by atoms with Gasteiger partial charge in [-0.25, -0.2) is 0 Å². The van der Waals surface area contributed by atoms with Gasteiger partial charge in [-0.3, -0.25) is 24.6 Å². The second-order valence-electron chi connectivity index (χ2n) is 8.69. The average molecular weight is 441 g/mol. The number of amides is 1. The fourth-order valence-corrected chi connectivity index (χ4v) is 6.14. The van der Waals surface area contributed by atoms with Gasteiger partial charge in [-0.05, 0) is 24.7 Å². The highest BCUT2D eigenvalue weighted by molar-refractivity contribution is 6.13. The molecule has 3 aliphatic rings. The van der Waals surface area contributed by atoms with Crippen molar-refractivity contribution >= 4 is 23.3 Å². The van der Waals surface area contributed by atoms with E-state index >= 15 is 0 Å². The standard InChI is InChI=1S/C25H19N3O5/c1-27-14-19(15-10-12-16(13-11-15)28(31)32)24(18-7-3-5-9-21(18)33-23(24)30)25(27)17-6-2-4-8-20(17)26-22(25)29/h2-13,19H,14H2,1H3,(H,26,29)/t19-,24+,25+/m0/s1. The minimum Gasteiger partial charge on any atom is -0.425 e. The molecular weight excluding hydrogens is 422 g/mol. The van der Waals surface area contributed by atoms with E-state index in [0.29, 0.717) is 23.5 Å². The molecule has 3 aliphatic heterocycles. The number of ether oxygens (including phenoxy) is 1. The number of rotatable bonds is 2. The minimum absolute atomic E-state index is 0.0350. The zero-order valence-electron chi connectivity index (χ0n) is 17.6. The van der Waals surface area contributed by atoms with E-state index in [9.17, 15) is 19.7 Å². The molecule has 2 spiro atoms. The predicted molar refractivity (Wildman–Crippen MR) is 119 cm³/mol. The average Bonchev–Trinajstić information content (AvgIpc) is 3.39. The molecular formula is C25H19N3O5. The number of para-hydroxylation sites is 2. The van der Waals surface area contributed by atoms with Crippen molar-refractivity contribution in [2.45, 2.75) is 16.9 Å². The lowest BCUT2D eigenvalue weighted by atomic mass is 9.58. The van der Waals surface area contributed by atoms with Crippen molar-refractivity contribution in [3.63, 3.8) is 0 Å². The van der Waals surface area contributed by atoms with Crippen molar-refractivity contribution in [3.05, 3.63) is 99.6 Å². The Morgan fingerprint density at radius 2 is 1.67 bits per heavy atom. The molecule has 0 bridgehead atoms. The number of benzene rings is 3. The molecule has 3 aromatic rings. The topological polar surface area (TPSA) is 102 Å².